The lowest BCUT2D eigenvalue weighted by Crippen LogP contribution is -1.83. The summed E-state index contributed by atoms with van der Waals surface area (Å²) < 4.78 is 6.23. The molecule has 2 heteroatoms. The third kappa shape index (κ3) is 2.40. The van der Waals surface area contributed by atoms with Gasteiger partial charge in [0.25, 0.3) is 0 Å². The van der Waals surface area contributed by atoms with Crippen LogP contribution in [0.3, 0.4) is 0 Å². The van der Waals surface area contributed by atoms with Crippen LogP contribution in [0.15, 0.2) is 95.4 Å². The first-order valence-corrected chi connectivity index (χ1v) is 8.95. The molecule has 0 saturated heterocycles. The van der Waals surface area contributed by atoms with E-state index in [4.69, 9.17) is 16.0 Å². The van der Waals surface area contributed by atoms with Crippen molar-refractivity contribution in [3.05, 3.63) is 96.0 Å². The molecule has 5 rings (SSSR count). The van der Waals surface area contributed by atoms with Crippen LogP contribution in [0.1, 0.15) is 0 Å². The lowest BCUT2D eigenvalue weighted by Gasteiger charge is -2.08. The summed E-state index contributed by atoms with van der Waals surface area (Å²) in [5.41, 5.74) is 6.22. The summed E-state index contributed by atoms with van der Waals surface area (Å²) in [4.78, 5) is 0. The van der Waals surface area contributed by atoms with Crippen molar-refractivity contribution in [1.82, 2.24) is 0 Å². The molecule has 1 heterocycles. The molecule has 26 heavy (non-hydrogen) atoms. The topological polar surface area (TPSA) is 13.1 Å². The first-order chi connectivity index (χ1) is 12.8. The molecule has 0 bridgehead atoms. The van der Waals surface area contributed by atoms with Gasteiger partial charge in [0.15, 0.2) is 0 Å². The third-order valence-electron chi connectivity index (χ3n) is 4.74. The molecule has 0 amide bonds. The Morgan fingerprint density at radius 1 is 0.615 bits per heavy atom. The fourth-order valence-electron chi connectivity index (χ4n) is 3.51. The van der Waals surface area contributed by atoms with Crippen molar-refractivity contribution < 1.29 is 4.42 Å². The Bertz CT molecular complexity index is 1220. The molecule has 0 atom stereocenters. The van der Waals surface area contributed by atoms with Gasteiger partial charge in [-0.15, -0.1) is 0 Å². The standard InChI is InChI=1S/C24H15ClO/c25-21-12-7-13-22-23(21)20-15-18(16-8-3-1-4-9-16)14-19(24(20)26-22)17-10-5-2-6-11-17/h1-15H. The van der Waals surface area contributed by atoms with Crippen molar-refractivity contribution in [2.75, 3.05) is 0 Å². The van der Waals surface area contributed by atoms with Gasteiger partial charge in [-0.05, 0) is 41.0 Å². The Labute approximate surface area is 156 Å². The number of furan rings is 1. The van der Waals surface area contributed by atoms with Gasteiger partial charge < -0.3 is 4.42 Å². The highest BCUT2D eigenvalue weighted by molar-refractivity contribution is 6.38. The number of hydrogen-bond donors (Lipinski definition) is 0. The van der Waals surface area contributed by atoms with E-state index in [0.717, 1.165) is 38.6 Å². The molecule has 0 N–H and O–H groups in total. The monoisotopic (exact) mass is 354 g/mol. The van der Waals surface area contributed by atoms with Crippen molar-refractivity contribution in [2.24, 2.45) is 0 Å². The van der Waals surface area contributed by atoms with Gasteiger partial charge in [-0.1, -0.05) is 78.3 Å². The number of rotatable bonds is 2. The average molecular weight is 355 g/mol. The van der Waals surface area contributed by atoms with Crippen molar-refractivity contribution in [2.45, 2.75) is 0 Å². The van der Waals surface area contributed by atoms with Gasteiger partial charge in [0.1, 0.15) is 11.2 Å². The second kappa shape index (κ2) is 6.05. The Morgan fingerprint density at radius 2 is 1.31 bits per heavy atom. The van der Waals surface area contributed by atoms with Crippen LogP contribution in [0.5, 0.6) is 0 Å². The molecule has 0 spiro atoms. The van der Waals surface area contributed by atoms with E-state index in [1.807, 2.05) is 42.5 Å². The van der Waals surface area contributed by atoms with Crippen LogP contribution < -0.4 is 0 Å². The van der Waals surface area contributed by atoms with Crippen molar-refractivity contribution >= 4 is 33.5 Å². The van der Waals surface area contributed by atoms with E-state index in [1.165, 1.54) is 5.56 Å². The molecule has 0 aliphatic carbocycles. The number of benzene rings is 4. The van der Waals surface area contributed by atoms with Crippen LogP contribution in [0, 0.1) is 0 Å². The van der Waals surface area contributed by atoms with Crippen LogP contribution in [0.4, 0.5) is 0 Å². The molecule has 0 aliphatic heterocycles. The fraction of sp³-hybridized carbons (Fsp3) is 0. The molecule has 0 aliphatic rings. The highest BCUT2D eigenvalue weighted by Gasteiger charge is 2.16. The lowest BCUT2D eigenvalue weighted by molar-refractivity contribution is 0.670. The summed E-state index contributed by atoms with van der Waals surface area (Å²) in [5, 5.41) is 2.73. The Kier molecular flexibility index (Phi) is 3.55. The van der Waals surface area contributed by atoms with Crippen molar-refractivity contribution in [1.29, 1.82) is 0 Å². The zero-order chi connectivity index (χ0) is 17.5. The molecule has 0 fully saturated rings. The summed E-state index contributed by atoms with van der Waals surface area (Å²) in [7, 11) is 0. The SMILES string of the molecule is Clc1cccc2oc3c(-c4ccccc4)cc(-c4ccccc4)cc3c12. The summed E-state index contributed by atoms with van der Waals surface area (Å²) in [5.74, 6) is 0. The summed E-state index contributed by atoms with van der Waals surface area (Å²) in [6.45, 7) is 0. The van der Waals surface area contributed by atoms with Crippen LogP contribution in [0.2, 0.25) is 5.02 Å². The predicted octanol–water partition coefficient (Wildman–Crippen LogP) is 7.57. The molecule has 4 aromatic carbocycles. The first kappa shape index (κ1) is 15.2. The van der Waals surface area contributed by atoms with Crippen molar-refractivity contribution in [3.8, 4) is 22.3 Å². The second-order valence-corrected chi connectivity index (χ2v) is 6.75. The quantitative estimate of drug-likeness (QED) is 0.318. The van der Waals surface area contributed by atoms with Gasteiger partial charge >= 0.3 is 0 Å². The number of fused-ring (bicyclic) bond motifs is 3. The second-order valence-electron chi connectivity index (χ2n) is 6.35. The van der Waals surface area contributed by atoms with E-state index in [1.54, 1.807) is 0 Å². The normalized spacial score (nSPS) is 11.3. The molecular weight excluding hydrogens is 340 g/mol. The maximum absolute atomic E-state index is 6.51. The maximum Gasteiger partial charge on any atom is 0.143 e. The summed E-state index contributed by atoms with van der Waals surface area (Å²) in [6.07, 6.45) is 0. The van der Waals surface area contributed by atoms with Gasteiger partial charge in [0, 0.05) is 16.3 Å². The van der Waals surface area contributed by atoms with Crippen LogP contribution in [0.25, 0.3) is 44.2 Å². The molecule has 1 aromatic heterocycles. The van der Waals surface area contributed by atoms with E-state index in [-0.39, 0.29) is 0 Å². The van der Waals surface area contributed by atoms with Crippen LogP contribution >= 0.6 is 11.6 Å². The maximum atomic E-state index is 6.51. The molecular formula is C24H15ClO. The van der Waals surface area contributed by atoms with Gasteiger partial charge in [-0.3, -0.25) is 0 Å². The number of hydrogen-bond acceptors (Lipinski definition) is 1. The molecule has 1 nitrogen and oxygen atoms in total. The smallest absolute Gasteiger partial charge is 0.143 e. The Balaban J connectivity index is 1.93. The summed E-state index contributed by atoms with van der Waals surface area (Å²) in [6, 6.07) is 30.9. The third-order valence-corrected chi connectivity index (χ3v) is 5.05. The van der Waals surface area contributed by atoms with E-state index in [2.05, 4.69) is 48.5 Å². The minimum absolute atomic E-state index is 0.713. The minimum atomic E-state index is 0.713. The van der Waals surface area contributed by atoms with E-state index >= 15 is 0 Å². The Hall–Kier alpha value is -3.03. The predicted molar refractivity (Wildman–Crippen MR) is 110 cm³/mol. The number of halogens is 1. The van der Waals surface area contributed by atoms with E-state index in [0.29, 0.717) is 5.02 Å². The first-order valence-electron chi connectivity index (χ1n) is 8.57. The molecule has 5 aromatic rings. The fourth-order valence-corrected chi connectivity index (χ4v) is 3.78. The average Bonchev–Trinajstić information content (AvgIpc) is 3.08. The molecule has 0 unspecified atom stereocenters. The van der Waals surface area contributed by atoms with Crippen LogP contribution in [-0.2, 0) is 0 Å². The van der Waals surface area contributed by atoms with Crippen molar-refractivity contribution in [3.63, 3.8) is 0 Å². The van der Waals surface area contributed by atoms with Gasteiger partial charge in [-0.25, -0.2) is 0 Å². The minimum Gasteiger partial charge on any atom is -0.455 e. The molecule has 0 saturated carbocycles. The highest BCUT2D eigenvalue weighted by atomic mass is 35.5. The lowest BCUT2D eigenvalue weighted by atomic mass is 9.96. The van der Waals surface area contributed by atoms with Crippen LogP contribution in [-0.4, -0.2) is 0 Å². The Morgan fingerprint density at radius 3 is 2.04 bits per heavy atom. The largest absolute Gasteiger partial charge is 0.455 e. The van der Waals surface area contributed by atoms with E-state index < -0.39 is 0 Å². The van der Waals surface area contributed by atoms with Gasteiger partial charge in [-0.2, -0.15) is 0 Å². The van der Waals surface area contributed by atoms with Gasteiger partial charge in [0.2, 0.25) is 0 Å². The highest BCUT2D eigenvalue weighted by Crippen LogP contribution is 2.41. The zero-order valence-corrected chi connectivity index (χ0v) is 14.7. The van der Waals surface area contributed by atoms with Gasteiger partial charge in [0.05, 0.1) is 5.02 Å². The molecule has 124 valence electrons. The van der Waals surface area contributed by atoms with E-state index in [9.17, 15) is 0 Å². The zero-order valence-electron chi connectivity index (χ0n) is 13.9. The molecule has 0 radical (unpaired) electrons. The summed E-state index contributed by atoms with van der Waals surface area (Å²) >= 11 is 6.51.